The van der Waals surface area contributed by atoms with Crippen LogP contribution in [-0.4, -0.2) is 48.0 Å². The number of para-hydroxylation sites is 1. The minimum absolute atomic E-state index is 0.380. The van der Waals surface area contributed by atoms with Gasteiger partial charge >= 0.3 is 48.0 Å². The molecule has 0 aliphatic rings. The molecule has 0 atom stereocenters. The fourth-order valence-corrected chi connectivity index (χ4v) is 1.73. The third-order valence-corrected chi connectivity index (χ3v) is 3.55. The molecule has 4 nitrogen and oxygen atoms in total. The molecule has 1 aromatic carbocycles. The maximum atomic E-state index is 13.3. The zero-order valence-corrected chi connectivity index (χ0v) is 14.9. The Kier molecular flexibility index (Phi) is 7.28. The summed E-state index contributed by atoms with van der Waals surface area (Å²) in [6, 6.07) is 2.48. The summed E-state index contributed by atoms with van der Waals surface area (Å²) in [6.45, 7) is -1.78. The minimum Gasteiger partial charge on any atom is -0.456 e. The summed E-state index contributed by atoms with van der Waals surface area (Å²) in [5, 5.41) is 0. The summed E-state index contributed by atoms with van der Waals surface area (Å²) in [4.78, 5) is 22.3. The first kappa shape index (κ1) is 28.2. The van der Waals surface area contributed by atoms with E-state index >= 15 is 0 Å². The van der Waals surface area contributed by atoms with Crippen LogP contribution >= 0.6 is 0 Å². The number of carbonyl (C=O) groups is 2. The molecule has 188 valence electrons. The molecule has 0 fully saturated rings. The molecule has 33 heavy (non-hydrogen) atoms. The predicted octanol–water partition coefficient (Wildman–Crippen LogP) is 5.30. The fraction of sp³-hybridized carbons (Fsp3) is 0.467. The van der Waals surface area contributed by atoms with E-state index in [1.807, 2.05) is 0 Å². The van der Waals surface area contributed by atoms with E-state index in [0.717, 1.165) is 12.1 Å². The van der Waals surface area contributed by atoms with Crippen LogP contribution < -0.4 is 4.74 Å². The molecule has 0 radical (unpaired) electrons. The molecule has 0 aliphatic carbocycles. The summed E-state index contributed by atoms with van der Waals surface area (Å²) in [5.41, 5.74) is -1.04. The molecule has 0 unspecified atom stereocenters. The summed E-state index contributed by atoms with van der Waals surface area (Å²) < 4.78 is 184. The standard InChI is InChI=1S/C15H6F14O4/c16-10(17,12(20,21)14(24,25)26)8(30)32-5-6-3-1-2-4-7(6)33-9(31)11(18,19)13(22,23)15(27,28)29/h1-4H,5H2. The van der Waals surface area contributed by atoms with E-state index in [9.17, 15) is 71.1 Å². The summed E-state index contributed by atoms with van der Waals surface area (Å²) in [5.74, 6) is -35.3. The first-order valence-corrected chi connectivity index (χ1v) is 7.64. The molecular weight excluding hydrogens is 510 g/mol. The summed E-state index contributed by atoms with van der Waals surface area (Å²) >= 11 is 0. The van der Waals surface area contributed by atoms with Crippen LogP contribution in [0.25, 0.3) is 0 Å². The number of ether oxygens (including phenoxy) is 2. The van der Waals surface area contributed by atoms with Gasteiger partial charge in [0, 0.05) is 5.56 Å². The molecule has 0 saturated heterocycles. The lowest BCUT2D eigenvalue weighted by Crippen LogP contribution is -2.57. The average molecular weight is 516 g/mol. The van der Waals surface area contributed by atoms with Crippen molar-refractivity contribution in [2.45, 2.75) is 42.6 Å². The second-order valence-corrected chi connectivity index (χ2v) is 5.87. The van der Waals surface area contributed by atoms with E-state index in [4.69, 9.17) is 0 Å². The number of benzene rings is 1. The van der Waals surface area contributed by atoms with Crippen LogP contribution in [0.4, 0.5) is 61.5 Å². The minimum atomic E-state index is -6.94. The first-order chi connectivity index (χ1) is 14.5. The van der Waals surface area contributed by atoms with Gasteiger partial charge in [0.05, 0.1) is 0 Å². The number of carbonyl (C=O) groups excluding carboxylic acids is 2. The number of hydrogen-bond acceptors (Lipinski definition) is 4. The monoisotopic (exact) mass is 516 g/mol. The van der Waals surface area contributed by atoms with Gasteiger partial charge in [0.1, 0.15) is 12.4 Å². The van der Waals surface area contributed by atoms with Crippen molar-refractivity contribution in [2.24, 2.45) is 0 Å². The normalized spacial score (nSPS) is 14.1. The summed E-state index contributed by atoms with van der Waals surface area (Å²) in [6.07, 6.45) is -13.8. The van der Waals surface area contributed by atoms with Gasteiger partial charge in [-0.05, 0) is 6.07 Å². The molecule has 0 heterocycles. The number of esters is 2. The van der Waals surface area contributed by atoms with E-state index < -0.39 is 65.9 Å². The van der Waals surface area contributed by atoms with Gasteiger partial charge in [-0.15, -0.1) is 0 Å². The van der Waals surface area contributed by atoms with Crippen molar-refractivity contribution in [2.75, 3.05) is 0 Å². The van der Waals surface area contributed by atoms with E-state index in [1.165, 1.54) is 0 Å². The summed E-state index contributed by atoms with van der Waals surface area (Å²) in [7, 11) is 0. The zero-order chi connectivity index (χ0) is 26.3. The van der Waals surface area contributed by atoms with Crippen molar-refractivity contribution < 1.29 is 80.5 Å². The fourth-order valence-electron chi connectivity index (χ4n) is 1.73. The number of halogens is 14. The number of rotatable bonds is 7. The smallest absolute Gasteiger partial charge is 0.456 e. The third-order valence-electron chi connectivity index (χ3n) is 3.55. The Balaban J connectivity index is 3.11. The quantitative estimate of drug-likeness (QED) is 0.281. The molecule has 0 aromatic heterocycles. The molecule has 0 saturated carbocycles. The van der Waals surface area contributed by atoms with Crippen LogP contribution in [0.5, 0.6) is 5.75 Å². The highest BCUT2D eigenvalue weighted by atomic mass is 19.4. The van der Waals surface area contributed by atoms with Crippen LogP contribution in [0.2, 0.25) is 0 Å². The third kappa shape index (κ3) is 5.07. The van der Waals surface area contributed by atoms with Crippen LogP contribution in [-0.2, 0) is 20.9 Å². The van der Waals surface area contributed by atoms with E-state index in [-0.39, 0.29) is 0 Å². The molecular formula is C15H6F14O4. The lowest BCUT2D eigenvalue weighted by molar-refractivity contribution is -0.348. The van der Waals surface area contributed by atoms with E-state index in [2.05, 4.69) is 9.47 Å². The molecule has 18 heteroatoms. The van der Waals surface area contributed by atoms with E-state index in [0.29, 0.717) is 12.1 Å². The van der Waals surface area contributed by atoms with Gasteiger partial charge in [0.25, 0.3) is 0 Å². The molecule has 1 aromatic rings. The van der Waals surface area contributed by atoms with Crippen molar-refractivity contribution in [1.29, 1.82) is 0 Å². The maximum Gasteiger partial charge on any atom is 0.460 e. The van der Waals surface area contributed by atoms with Crippen LogP contribution in [0.1, 0.15) is 5.56 Å². The molecule has 0 bridgehead atoms. The Labute approximate surface area is 172 Å². The molecule has 0 aliphatic heterocycles. The molecule has 0 N–H and O–H groups in total. The highest BCUT2D eigenvalue weighted by Gasteiger charge is 2.78. The number of alkyl halides is 14. The van der Waals surface area contributed by atoms with Gasteiger partial charge in [-0.2, -0.15) is 61.5 Å². The van der Waals surface area contributed by atoms with Crippen LogP contribution in [0.15, 0.2) is 24.3 Å². The van der Waals surface area contributed by atoms with Crippen molar-refractivity contribution in [3.05, 3.63) is 29.8 Å². The van der Waals surface area contributed by atoms with Gasteiger partial charge in [-0.1, -0.05) is 18.2 Å². The average Bonchev–Trinajstić information content (AvgIpc) is 2.64. The number of hydrogen-bond donors (Lipinski definition) is 0. The lowest BCUT2D eigenvalue weighted by Gasteiger charge is -2.27. The zero-order valence-electron chi connectivity index (χ0n) is 14.9. The van der Waals surface area contributed by atoms with Gasteiger partial charge in [-0.3, -0.25) is 0 Å². The molecule has 1 rings (SSSR count). The maximum absolute atomic E-state index is 13.3. The highest BCUT2D eigenvalue weighted by Crippen LogP contribution is 2.48. The largest absolute Gasteiger partial charge is 0.460 e. The topological polar surface area (TPSA) is 52.6 Å². The van der Waals surface area contributed by atoms with E-state index in [1.54, 1.807) is 0 Å². The van der Waals surface area contributed by atoms with Gasteiger partial charge in [0.15, 0.2) is 0 Å². The van der Waals surface area contributed by atoms with Gasteiger partial charge < -0.3 is 9.47 Å². The Morgan fingerprint density at radius 1 is 0.636 bits per heavy atom. The van der Waals surface area contributed by atoms with Crippen molar-refractivity contribution in [1.82, 2.24) is 0 Å². The molecule has 0 amide bonds. The predicted molar refractivity (Wildman–Crippen MR) is 73.8 cm³/mol. The van der Waals surface area contributed by atoms with Crippen LogP contribution in [0, 0.1) is 0 Å². The first-order valence-electron chi connectivity index (χ1n) is 7.64. The SMILES string of the molecule is O=C(OCc1ccccc1OC(=O)C(F)(F)C(F)(F)C(F)(F)F)C(F)(F)C(F)(F)C(F)(F)F. The lowest BCUT2D eigenvalue weighted by atomic mass is 10.1. The van der Waals surface area contributed by atoms with Gasteiger partial charge in [-0.25, -0.2) is 9.59 Å². The Morgan fingerprint density at radius 2 is 1.03 bits per heavy atom. The van der Waals surface area contributed by atoms with Gasteiger partial charge in [0.2, 0.25) is 0 Å². The van der Waals surface area contributed by atoms with Crippen molar-refractivity contribution in [3.63, 3.8) is 0 Å². The second kappa shape index (κ2) is 8.51. The Hall–Kier alpha value is -2.82. The highest BCUT2D eigenvalue weighted by molar-refractivity contribution is 5.82. The second-order valence-electron chi connectivity index (χ2n) is 5.87. The Bertz CT molecular complexity index is 887. The van der Waals surface area contributed by atoms with Crippen molar-refractivity contribution >= 4 is 11.9 Å². The van der Waals surface area contributed by atoms with Crippen molar-refractivity contribution in [3.8, 4) is 5.75 Å². The van der Waals surface area contributed by atoms with Crippen LogP contribution in [0.3, 0.4) is 0 Å². The molecule has 0 spiro atoms. The Morgan fingerprint density at radius 3 is 1.45 bits per heavy atom.